The van der Waals surface area contributed by atoms with E-state index >= 15 is 0 Å². The highest BCUT2D eigenvalue weighted by Crippen LogP contribution is 2.38. The summed E-state index contributed by atoms with van der Waals surface area (Å²) in [5.41, 5.74) is 0.934. The van der Waals surface area contributed by atoms with Crippen molar-refractivity contribution in [1.29, 1.82) is 0 Å². The van der Waals surface area contributed by atoms with Crippen LogP contribution in [0.3, 0.4) is 0 Å². The summed E-state index contributed by atoms with van der Waals surface area (Å²) in [6.07, 6.45) is 0. The van der Waals surface area contributed by atoms with Crippen LogP contribution in [0.1, 0.15) is 0 Å². The summed E-state index contributed by atoms with van der Waals surface area (Å²) in [4.78, 5) is 0. The van der Waals surface area contributed by atoms with Gasteiger partial charge in [-0.25, -0.2) is 8.78 Å². The second kappa shape index (κ2) is 4.97. The van der Waals surface area contributed by atoms with Crippen molar-refractivity contribution in [2.24, 2.45) is 17.3 Å². The molecule has 0 amide bonds. The summed E-state index contributed by atoms with van der Waals surface area (Å²) in [5, 5.41) is 18.4. The van der Waals surface area contributed by atoms with Crippen LogP contribution in [0.2, 0.25) is 0 Å². The second-order valence-corrected chi connectivity index (χ2v) is 4.54. The number of aromatic nitrogens is 1. The van der Waals surface area contributed by atoms with Crippen LogP contribution in [0.25, 0.3) is 10.9 Å². The number of hydrogen-bond donors (Lipinski definition) is 1. The number of rotatable bonds is 2. The van der Waals surface area contributed by atoms with E-state index in [1.807, 2.05) is 12.1 Å². The molecule has 0 atom stereocenters. The minimum Gasteiger partial charge on any atom is -0.493 e. The molecular formula is C15H11F2N3O. The van der Waals surface area contributed by atoms with Crippen LogP contribution in [-0.2, 0) is 7.05 Å². The molecular weight excluding hydrogens is 276 g/mol. The van der Waals surface area contributed by atoms with E-state index in [1.165, 1.54) is 6.07 Å². The minimum atomic E-state index is -0.807. The standard InChI is InChI=1S/C15H11F2N3O/c1-20-13-5-3-2-4-10(13)14(15(20)21)19-18-12-7-6-9(16)8-11(12)17/h2-8,21H,1H3. The molecule has 0 saturated heterocycles. The molecule has 0 saturated carbocycles. The van der Waals surface area contributed by atoms with Gasteiger partial charge in [0.25, 0.3) is 0 Å². The Kier molecular flexibility index (Phi) is 3.13. The van der Waals surface area contributed by atoms with E-state index in [0.717, 1.165) is 17.6 Å². The van der Waals surface area contributed by atoms with Gasteiger partial charge in [0.1, 0.15) is 11.5 Å². The first-order chi connectivity index (χ1) is 10.1. The summed E-state index contributed by atoms with van der Waals surface area (Å²) in [7, 11) is 1.69. The van der Waals surface area contributed by atoms with Crippen LogP contribution in [0.15, 0.2) is 52.7 Å². The fraction of sp³-hybridized carbons (Fsp3) is 0.0667. The number of hydrogen-bond acceptors (Lipinski definition) is 3. The number of fused-ring (bicyclic) bond motifs is 1. The van der Waals surface area contributed by atoms with Gasteiger partial charge in [-0.15, -0.1) is 10.2 Å². The lowest BCUT2D eigenvalue weighted by Crippen LogP contribution is -1.84. The lowest BCUT2D eigenvalue weighted by atomic mass is 10.2. The zero-order valence-electron chi connectivity index (χ0n) is 11.1. The summed E-state index contributed by atoms with van der Waals surface area (Å²) >= 11 is 0. The van der Waals surface area contributed by atoms with Gasteiger partial charge < -0.3 is 9.67 Å². The summed E-state index contributed by atoms with van der Waals surface area (Å²) < 4.78 is 27.9. The fourth-order valence-electron chi connectivity index (χ4n) is 2.12. The van der Waals surface area contributed by atoms with Crippen LogP contribution in [-0.4, -0.2) is 9.67 Å². The van der Waals surface area contributed by atoms with Gasteiger partial charge >= 0.3 is 0 Å². The first kappa shape index (κ1) is 13.2. The van der Waals surface area contributed by atoms with Crippen LogP contribution < -0.4 is 0 Å². The van der Waals surface area contributed by atoms with Gasteiger partial charge in [0.05, 0.1) is 5.52 Å². The van der Waals surface area contributed by atoms with E-state index in [9.17, 15) is 13.9 Å². The summed E-state index contributed by atoms with van der Waals surface area (Å²) in [6.45, 7) is 0. The van der Waals surface area contributed by atoms with E-state index < -0.39 is 11.6 Å². The Morgan fingerprint density at radius 3 is 2.57 bits per heavy atom. The third-order valence-corrected chi connectivity index (χ3v) is 3.22. The van der Waals surface area contributed by atoms with E-state index in [1.54, 1.807) is 23.7 Å². The molecule has 0 radical (unpaired) electrons. The highest BCUT2D eigenvalue weighted by Gasteiger charge is 2.13. The average molecular weight is 287 g/mol. The molecule has 0 bridgehead atoms. The van der Waals surface area contributed by atoms with E-state index in [-0.39, 0.29) is 17.3 Å². The first-order valence-corrected chi connectivity index (χ1v) is 6.21. The third kappa shape index (κ3) is 2.24. The smallest absolute Gasteiger partial charge is 0.220 e. The molecule has 3 rings (SSSR count). The molecule has 4 nitrogen and oxygen atoms in total. The van der Waals surface area contributed by atoms with Crippen molar-refractivity contribution in [3.8, 4) is 5.88 Å². The van der Waals surface area contributed by atoms with E-state index in [4.69, 9.17) is 0 Å². The lowest BCUT2D eigenvalue weighted by molar-refractivity contribution is 0.436. The first-order valence-electron chi connectivity index (χ1n) is 6.21. The molecule has 0 spiro atoms. The maximum Gasteiger partial charge on any atom is 0.220 e. The molecule has 1 aromatic heterocycles. The van der Waals surface area contributed by atoms with E-state index in [0.29, 0.717) is 5.39 Å². The van der Waals surface area contributed by atoms with E-state index in [2.05, 4.69) is 10.2 Å². The van der Waals surface area contributed by atoms with Crippen LogP contribution in [0.5, 0.6) is 5.88 Å². The molecule has 0 aliphatic carbocycles. The highest BCUT2D eigenvalue weighted by molar-refractivity contribution is 5.94. The Hall–Kier alpha value is -2.76. The van der Waals surface area contributed by atoms with Crippen LogP contribution >= 0.6 is 0 Å². The van der Waals surface area contributed by atoms with Crippen molar-refractivity contribution in [2.75, 3.05) is 0 Å². The van der Waals surface area contributed by atoms with Gasteiger partial charge in [-0.1, -0.05) is 18.2 Å². The predicted octanol–water partition coefficient (Wildman–Crippen LogP) is 4.58. The van der Waals surface area contributed by atoms with Gasteiger partial charge in [-0.2, -0.15) is 0 Å². The van der Waals surface area contributed by atoms with Crippen molar-refractivity contribution in [3.05, 3.63) is 54.1 Å². The maximum atomic E-state index is 13.5. The molecule has 0 unspecified atom stereocenters. The Morgan fingerprint density at radius 1 is 1.05 bits per heavy atom. The molecule has 6 heteroatoms. The van der Waals surface area contributed by atoms with Gasteiger partial charge in [0.2, 0.25) is 5.88 Å². The van der Waals surface area contributed by atoms with Crippen molar-refractivity contribution < 1.29 is 13.9 Å². The zero-order valence-corrected chi connectivity index (χ0v) is 11.1. The van der Waals surface area contributed by atoms with Crippen LogP contribution in [0, 0.1) is 11.6 Å². The molecule has 106 valence electrons. The molecule has 1 N–H and O–H groups in total. The van der Waals surface area contributed by atoms with Crippen LogP contribution in [0.4, 0.5) is 20.2 Å². The second-order valence-electron chi connectivity index (χ2n) is 4.54. The monoisotopic (exact) mass is 287 g/mol. The van der Waals surface area contributed by atoms with Crippen molar-refractivity contribution in [1.82, 2.24) is 4.57 Å². The Balaban J connectivity index is 2.09. The highest BCUT2D eigenvalue weighted by atomic mass is 19.1. The molecule has 0 fully saturated rings. The number of azo groups is 1. The quantitative estimate of drug-likeness (QED) is 0.689. The number of aryl methyl sites for hydroxylation is 1. The normalized spacial score (nSPS) is 11.6. The number of para-hydroxylation sites is 1. The summed E-state index contributed by atoms with van der Waals surface area (Å²) in [5.74, 6) is -1.56. The Morgan fingerprint density at radius 2 is 1.81 bits per heavy atom. The maximum absolute atomic E-state index is 13.5. The molecule has 3 aromatic rings. The molecule has 21 heavy (non-hydrogen) atoms. The average Bonchev–Trinajstić information content (AvgIpc) is 2.71. The van der Waals surface area contributed by atoms with Crippen molar-refractivity contribution in [3.63, 3.8) is 0 Å². The van der Waals surface area contributed by atoms with Gasteiger partial charge in [0.15, 0.2) is 11.5 Å². The Labute approximate surface area is 119 Å². The molecule has 1 heterocycles. The summed E-state index contributed by atoms with van der Waals surface area (Å²) in [6, 6.07) is 10.3. The molecule has 0 aliphatic rings. The molecule has 2 aromatic carbocycles. The van der Waals surface area contributed by atoms with Crippen molar-refractivity contribution >= 4 is 22.3 Å². The zero-order chi connectivity index (χ0) is 15.0. The third-order valence-electron chi connectivity index (χ3n) is 3.22. The number of halogens is 2. The Bertz CT molecular complexity index is 855. The lowest BCUT2D eigenvalue weighted by Gasteiger charge is -1.96. The van der Waals surface area contributed by atoms with Gasteiger partial charge in [-0.3, -0.25) is 0 Å². The number of aromatic hydroxyl groups is 1. The topological polar surface area (TPSA) is 49.9 Å². The number of benzene rings is 2. The largest absolute Gasteiger partial charge is 0.493 e. The number of nitrogens with zero attached hydrogens (tertiary/aromatic N) is 3. The van der Waals surface area contributed by atoms with Gasteiger partial charge in [0, 0.05) is 18.5 Å². The SMILES string of the molecule is Cn1c(O)c(N=Nc2ccc(F)cc2F)c2ccccc21. The van der Waals surface area contributed by atoms with Gasteiger partial charge in [-0.05, 0) is 18.2 Å². The fourth-order valence-corrected chi connectivity index (χ4v) is 2.12. The minimum absolute atomic E-state index is 0.0672. The van der Waals surface area contributed by atoms with Crippen molar-refractivity contribution in [2.45, 2.75) is 0 Å². The molecule has 0 aliphatic heterocycles. The predicted molar refractivity (Wildman–Crippen MR) is 75.1 cm³/mol.